The molecule has 4 heteroatoms. The number of nitrogens with one attached hydrogen (secondary N) is 1. The molecule has 0 aliphatic carbocycles. The Bertz CT molecular complexity index is 1220. The van der Waals surface area contributed by atoms with E-state index in [1.54, 1.807) is 0 Å². The monoisotopic (exact) mass is 734 g/mol. The fourth-order valence-electron chi connectivity index (χ4n) is 5.46. The molecule has 4 rings (SSSR count). The van der Waals surface area contributed by atoms with Crippen molar-refractivity contribution in [3.8, 4) is 0 Å². The Balaban J connectivity index is 0.000000260. The van der Waals surface area contributed by atoms with E-state index in [0.717, 1.165) is 19.3 Å². The topological polar surface area (TPSA) is 27.6 Å². The van der Waals surface area contributed by atoms with Crippen molar-refractivity contribution >= 4 is 6.34 Å². The minimum atomic E-state index is 0.000541. The summed E-state index contributed by atoms with van der Waals surface area (Å²) in [6.45, 7) is 17.3. The van der Waals surface area contributed by atoms with Crippen LogP contribution in [0.25, 0.3) is 0 Å². The minimum absolute atomic E-state index is 0.000541. The molecule has 0 aromatic heterocycles. The molecular weight excluding hydrogens is 687 g/mol. The van der Waals surface area contributed by atoms with E-state index < -0.39 is 0 Å². The van der Waals surface area contributed by atoms with Crippen molar-refractivity contribution in [2.24, 2.45) is 4.99 Å². The maximum absolute atomic E-state index is 4.87. The van der Waals surface area contributed by atoms with Gasteiger partial charge >= 0.3 is 175 Å². The van der Waals surface area contributed by atoms with Gasteiger partial charge in [0.15, 0.2) is 0 Å². The summed E-state index contributed by atoms with van der Waals surface area (Å²) in [5.41, 5.74) is 7.69. The van der Waals surface area contributed by atoms with E-state index in [0.29, 0.717) is 32.2 Å². The molecule has 1 N–H and O–H groups in total. The molecule has 0 spiro atoms. The number of hydrogen-bond donors (Lipinski definition) is 1. The van der Waals surface area contributed by atoms with Crippen molar-refractivity contribution in [3.63, 3.8) is 0 Å². The quantitative estimate of drug-likeness (QED) is 0.0661. The molecule has 1 unspecified atom stereocenters. The zero-order valence-corrected chi connectivity index (χ0v) is 30.9. The molecule has 1 atom stereocenters. The molecule has 211 valence electrons. The molecule has 3 aromatic rings. The van der Waals surface area contributed by atoms with Crippen LogP contribution in [0.15, 0.2) is 129 Å². The molecule has 1 heterocycles. The normalized spacial score (nSPS) is 14.8. The summed E-state index contributed by atoms with van der Waals surface area (Å²) < 4.78 is 1.33. The third-order valence-corrected chi connectivity index (χ3v) is 9.08. The zero-order chi connectivity index (χ0) is 29.5. The summed E-state index contributed by atoms with van der Waals surface area (Å²) in [4.78, 5) is 7.41. The van der Waals surface area contributed by atoms with Crippen LogP contribution in [0.3, 0.4) is 0 Å². The number of aliphatic imine (C=N–C) groups is 1. The van der Waals surface area contributed by atoms with E-state index in [1.165, 1.54) is 62.5 Å². The molecule has 0 saturated carbocycles. The standard InChI is InChI=1S/C23H27N2.C14H19N.Hg/c1-4-13-19(5-2)22(6-3)24-18-25-23(20-14-9-7-10-15-20)21-16-11-8-12-17-21;1-12(2)14(15-10-6-7-11-15)13-8-4-3-5-9-13;/h7-12,14-18,23H,2,4,6,13H2,1,3H3,(H,24,25);3-5,8-9,14H,1,6-7,10-11H2,2H3;/b22-19+;;. The number of rotatable bonds is 12. The van der Waals surface area contributed by atoms with Crippen molar-refractivity contribution < 1.29 is 26.1 Å². The summed E-state index contributed by atoms with van der Waals surface area (Å²) >= 11 is 0.564. The molecule has 3 aromatic carbocycles. The predicted molar refractivity (Wildman–Crippen MR) is 173 cm³/mol. The fraction of sp³-hybridized carbons (Fsp3) is 0.324. The third-order valence-electron chi connectivity index (χ3n) is 7.43. The van der Waals surface area contributed by atoms with Gasteiger partial charge in [0, 0.05) is 0 Å². The SMILES string of the molecule is C=C(C)C(c1ccccc1)N1CCCC1.C=[C]([Hg])/C(CCC)=C(/CC)NC=NC(c1ccccc1)c1ccccc1. The Kier molecular flexibility index (Phi) is 14.3. The van der Waals surface area contributed by atoms with Gasteiger partial charge in [-0.25, -0.2) is 0 Å². The Morgan fingerprint density at radius 2 is 1.34 bits per heavy atom. The number of likely N-dealkylation sites (tertiary alicyclic amines) is 1. The Hall–Kier alpha value is -2.75. The fourth-order valence-corrected chi connectivity index (χ4v) is 6.98. The maximum atomic E-state index is 4.87. The number of allylic oxidation sites excluding steroid dienone is 3. The van der Waals surface area contributed by atoms with Crippen LogP contribution in [0.5, 0.6) is 0 Å². The van der Waals surface area contributed by atoms with Crippen LogP contribution < -0.4 is 5.32 Å². The van der Waals surface area contributed by atoms with Gasteiger partial charge < -0.3 is 0 Å². The second-order valence-corrected chi connectivity index (χ2v) is 14.0. The van der Waals surface area contributed by atoms with Crippen molar-refractivity contribution in [3.05, 3.63) is 141 Å². The van der Waals surface area contributed by atoms with Crippen LogP contribution >= 0.6 is 0 Å². The van der Waals surface area contributed by atoms with Crippen LogP contribution in [-0.4, -0.2) is 24.3 Å². The summed E-state index contributed by atoms with van der Waals surface area (Å²) in [7, 11) is 0. The third kappa shape index (κ3) is 10.2. The van der Waals surface area contributed by atoms with E-state index in [2.05, 4.69) is 123 Å². The van der Waals surface area contributed by atoms with Gasteiger partial charge in [-0.05, 0) is 38.4 Å². The molecule has 3 nitrogen and oxygen atoms in total. The Morgan fingerprint density at radius 3 is 1.76 bits per heavy atom. The molecule has 0 amide bonds. The van der Waals surface area contributed by atoms with E-state index in [-0.39, 0.29) is 6.04 Å². The van der Waals surface area contributed by atoms with Gasteiger partial charge in [-0.15, -0.1) is 0 Å². The van der Waals surface area contributed by atoms with Crippen LogP contribution in [0.1, 0.15) is 81.6 Å². The number of benzene rings is 3. The number of nitrogens with zero attached hydrogens (tertiary/aromatic N) is 2. The molecule has 41 heavy (non-hydrogen) atoms. The summed E-state index contributed by atoms with van der Waals surface area (Å²) in [6, 6.07) is 32.0. The van der Waals surface area contributed by atoms with E-state index in [4.69, 9.17) is 4.99 Å². The van der Waals surface area contributed by atoms with Gasteiger partial charge in [0.05, 0.1) is 6.04 Å². The van der Waals surface area contributed by atoms with Gasteiger partial charge in [-0.1, -0.05) is 42.5 Å². The average Bonchev–Trinajstić information content (AvgIpc) is 3.52. The molecular formula is C37H46HgN3. The van der Waals surface area contributed by atoms with Gasteiger partial charge in [0.25, 0.3) is 0 Å². The van der Waals surface area contributed by atoms with Gasteiger partial charge in [0.1, 0.15) is 0 Å². The molecule has 1 aliphatic heterocycles. The molecule has 0 radical (unpaired) electrons. The second-order valence-electron chi connectivity index (χ2n) is 10.7. The predicted octanol–water partition coefficient (Wildman–Crippen LogP) is 9.32. The first-order valence-electron chi connectivity index (χ1n) is 15.0. The Morgan fingerprint density at radius 1 is 0.854 bits per heavy atom. The first-order valence-corrected chi connectivity index (χ1v) is 17.8. The van der Waals surface area contributed by atoms with E-state index in [1.807, 2.05) is 18.5 Å². The van der Waals surface area contributed by atoms with Gasteiger partial charge in [-0.3, -0.25) is 4.90 Å². The summed E-state index contributed by atoms with van der Waals surface area (Å²) in [5, 5.41) is 3.46. The first kappa shape index (κ1) is 32.8. The summed E-state index contributed by atoms with van der Waals surface area (Å²) in [5.74, 6) is 0. The number of hydrogen-bond acceptors (Lipinski definition) is 2. The van der Waals surface area contributed by atoms with Crippen molar-refractivity contribution in [1.29, 1.82) is 0 Å². The Labute approximate surface area is 265 Å². The summed E-state index contributed by atoms with van der Waals surface area (Å²) in [6.07, 6.45) is 7.74. The van der Waals surface area contributed by atoms with Crippen molar-refractivity contribution in [2.45, 2.75) is 65.0 Å². The molecule has 1 fully saturated rings. The first-order chi connectivity index (χ1) is 20.0. The van der Waals surface area contributed by atoms with E-state index in [9.17, 15) is 0 Å². The van der Waals surface area contributed by atoms with Crippen LogP contribution in [0.4, 0.5) is 0 Å². The molecule has 1 aliphatic rings. The van der Waals surface area contributed by atoms with Crippen molar-refractivity contribution in [1.82, 2.24) is 10.2 Å². The van der Waals surface area contributed by atoms with Crippen LogP contribution in [0.2, 0.25) is 0 Å². The zero-order valence-electron chi connectivity index (χ0n) is 25.4. The van der Waals surface area contributed by atoms with Crippen LogP contribution in [0, 0.1) is 0 Å². The van der Waals surface area contributed by atoms with Crippen LogP contribution in [-0.2, 0) is 26.1 Å². The van der Waals surface area contributed by atoms with Gasteiger partial charge in [-0.2, -0.15) is 0 Å². The van der Waals surface area contributed by atoms with Gasteiger partial charge in [0.2, 0.25) is 0 Å². The second kappa shape index (κ2) is 17.9. The molecule has 0 bridgehead atoms. The van der Waals surface area contributed by atoms with Crippen molar-refractivity contribution in [2.75, 3.05) is 13.1 Å². The molecule has 1 saturated heterocycles. The van der Waals surface area contributed by atoms with E-state index >= 15 is 0 Å². The average molecular weight is 733 g/mol.